The third-order valence-corrected chi connectivity index (χ3v) is 7.02. The Kier molecular flexibility index (Phi) is 5.26. The third-order valence-electron chi connectivity index (χ3n) is 6.00. The van der Waals surface area contributed by atoms with Crippen LogP contribution < -0.4 is 5.32 Å². The van der Waals surface area contributed by atoms with Crippen LogP contribution in [0.25, 0.3) is 20.9 Å². The molecule has 2 aromatic carbocycles. The number of rotatable bonds is 4. The summed E-state index contributed by atoms with van der Waals surface area (Å²) in [5.41, 5.74) is 4.25. The molecule has 4 aromatic rings. The molecule has 0 bridgehead atoms. The molecule has 3 heterocycles. The van der Waals surface area contributed by atoms with Gasteiger partial charge in [0.2, 0.25) is 5.91 Å². The summed E-state index contributed by atoms with van der Waals surface area (Å²) in [6.07, 6.45) is 3.14. The number of carbonyl (C=O) groups is 1. The molecule has 0 atom stereocenters. The highest BCUT2D eigenvalue weighted by Crippen LogP contribution is 2.37. The van der Waals surface area contributed by atoms with Crippen molar-refractivity contribution < 1.29 is 9.53 Å². The number of amides is 1. The Bertz CT molecular complexity index is 1200. The van der Waals surface area contributed by atoms with E-state index in [9.17, 15) is 4.79 Å². The largest absolute Gasteiger partial charge is 0.381 e. The van der Waals surface area contributed by atoms with Crippen molar-refractivity contribution >= 4 is 33.3 Å². The molecule has 2 aromatic heterocycles. The second kappa shape index (κ2) is 8.21. The molecule has 1 aliphatic heterocycles. The molecular weight excluding hydrogens is 406 g/mol. The van der Waals surface area contributed by atoms with Gasteiger partial charge in [-0.15, -0.1) is 0 Å². The first-order valence-corrected chi connectivity index (χ1v) is 11.2. The molecule has 1 N–H and O–H groups in total. The minimum absolute atomic E-state index is 0.0297. The third kappa shape index (κ3) is 3.73. The Morgan fingerprint density at radius 1 is 1.06 bits per heavy atom. The first-order chi connectivity index (χ1) is 15.2. The highest BCUT2D eigenvalue weighted by Gasteiger charge is 2.41. The summed E-state index contributed by atoms with van der Waals surface area (Å²) in [6.45, 7) is 3.20. The first-order valence-electron chi connectivity index (χ1n) is 10.4. The Morgan fingerprint density at radius 2 is 1.87 bits per heavy atom. The maximum atomic E-state index is 13.5. The lowest BCUT2D eigenvalue weighted by molar-refractivity contribution is -0.125. The average molecular weight is 430 g/mol. The van der Waals surface area contributed by atoms with E-state index in [1.165, 1.54) is 0 Å². The van der Waals surface area contributed by atoms with E-state index in [-0.39, 0.29) is 5.91 Å². The number of carbonyl (C=O) groups excluding carboxylic acids is 1. The van der Waals surface area contributed by atoms with Gasteiger partial charge in [-0.1, -0.05) is 41.7 Å². The van der Waals surface area contributed by atoms with Crippen molar-refractivity contribution in [1.29, 1.82) is 0 Å². The van der Waals surface area contributed by atoms with Crippen LogP contribution in [0.4, 0.5) is 5.69 Å². The van der Waals surface area contributed by atoms with E-state index in [2.05, 4.69) is 16.4 Å². The summed E-state index contributed by atoms with van der Waals surface area (Å²) in [7, 11) is 0. The number of hydrogen-bond acceptors (Lipinski definition) is 5. The van der Waals surface area contributed by atoms with E-state index < -0.39 is 5.41 Å². The number of nitrogens with zero attached hydrogens (tertiary/aromatic N) is 2. The molecule has 5 nitrogen and oxygen atoms in total. The second-order valence-corrected chi connectivity index (χ2v) is 8.87. The van der Waals surface area contributed by atoms with Crippen molar-refractivity contribution in [3.8, 4) is 10.6 Å². The van der Waals surface area contributed by atoms with Gasteiger partial charge in [-0.3, -0.25) is 4.79 Å². The van der Waals surface area contributed by atoms with Crippen molar-refractivity contribution in [3.63, 3.8) is 0 Å². The van der Waals surface area contributed by atoms with Crippen LogP contribution in [-0.4, -0.2) is 29.1 Å². The van der Waals surface area contributed by atoms with Crippen LogP contribution >= 0.6 is 11.3 Å². The molecule has 0 spiro atoms. The van der Waals surface area contributed by atoms with Gasteiger partial charge in [0.1, 0.15) is 15.4 Å². The quantitative estimate of drug-likeness (QED) is 0.475. The monoisotopic (exact) mass is 429 g/mol. The summed E-state index contributed by atoms with van der Waals surface area (Å²) in [5.74, 6) is 0.0297. The number of thiazole rings is 1. The number of aryl methyl sites for hydroxylation is 1. The first kappa shape index (κ1) is 19.8. The summed E-state index contributed by atoms with van der Waals surface area (Å²) in [6, 6.07) is 20.0. The van der Waals surface area contributed by atoms with Gasteiger partial charge < -0.3 is 10.1 Å². The van der Waals surface area contributed by atoms with Gasteiger partial charge in [0, 0.05) is 30.7 Å². The van der Waals surface area contributed by atoms with Gasteiger partial charge in [-0.2, -0.15) is 0 Å². The predicted molar refractivity (Wildman–Crippen MR) is 124 cm³/mol. The molecular formula is C25H23N3O2S. The van der Waals surface area contributed by atoms with Crippen LogP contribution in [0, 0.1) is 6.92 Å². The van der Waals surface area contributed by atoms with Crippen molar-refractivity contribution in [2.45, 2.75) is 25.2 Å². The summed E-state index contributed by atoms with van der Waals surface area (Å²) in [4.78, 5) is 23.5. The molecule has 31 heavy (non-hydrogen) atoms. The fraction of sp³-hybridized carbons (Fsp3) is 0.240. The van der Waals surface area contributed by atoms with Crippen LogP contribution in [-0.2, 0) is 14.9 Å². The van der Waals surface area contributed by atoms with Gasteiger partial charge in [0.15, 0.2) is 0 Å². The fourth-order valence-electron chi connectivity index (χ4n) is 4.20. The number of benzene rings is 2. The van der Waals surface area contributed by atoms with Crippen LogP contribution in [0.3, 0.4) is 0 Å². The number of pyridine rings is 1. The Morgan fingerprint density at radius 3 is 2.61 bits per heavy atom. The molecule has 0 saturated carbocycles. The molecule has 1 aliphatic rings. The number of hydrogen-bond donors (Lipinski definition) is 1. The van der Waals surface area contributed by atoms with Gasteiger partial charge >= 0.3 is 0 Å². The Hall–Kier alpha value is -3.09. The van der Waals surface area contributed by atoms with Crippen LogP contribution in [0.15, 0.2) is 66.9 Å². The number of anilines is 1. The van der Waals surface area contributed by atoms with Gasteiger partial charge in [0.25, 0.3) is 0 Å². The van der Waals surface area contributed by atoms with E-state index in [4.69, 9.17) is 9.72 Å². The molecule has 0 aliphatic carbocycles. The zero-order valence-electron chi connectivity index (χ0n) is 17.3. The van der Waals surface area contributed by atoms with Crippen LogP contribution in [0.2, 0.25) is 0 Å². The number of fused-ring (bicyclic) bond motifs is 1. The van der Waals surface area contributed by atoms with Crippen molar-refractivity contribution in [3.05, 3.63) is 78.0 Å². The van der Waals surface area contributed by atoms with E-state index >= 15 is 0 Å². The standard InChI is InChI=1S/C25H23N3O2S/c1-17-16-18(22-27-21-8-5-13-26-23(21)31-22)9-10-20(17)28-24(29)25(11-14-30-15-12-25)19-6-3-2-4-7-19/h2-10,13,16H,11-12,14-15H2,1H3,(H,28,29). The molecule has 0 radical (unpaired) electrons. The summed E-state index contributed by atoms with van der Waals surface area (Å²) in [5, 5.41) is 4.13. The minimum Gasteiger partial charge on any atom is -0.381 e. The molecule has 6 heteroatoms. The maximum Gasteiger partial charge on any atom is 0.235 e. The number of nitrogens with one attached hydrogen (secondary N) is 1. The Balaban J connectivity index is 1.43. The van der Waals surface area contributed by atoms with Crippen LogP contribution in [0.1, 0.15) is 24.0 Å². The SMILES string of the molecule is Cc1cc(-c2nc3cccnc3s2)ccc1NC(=O)C1(c2ccccc2)CCOCC1. The zero-order valence-corrected chi connectivity index (χ0v) is 18.1. The second-order valence-electron chi connectivity index (χ2n) is 7.89. The maximum absolute atomic E-state index is 13.5. The van der Waals surface area contributed by atoms with E-state index in [0.29, 0.717) is 26.1 Å². The number of ether oxygens (including phenoxy) is 1. The van der Waals surface area contributed by atoms with Gasteiger partial charge in [-0.25, -0.2) is 9.97 Å². The molecule has 0 unspecified atom stereocenters. The highest BCUT2D eigenvalue weighted by molar-refractivity contribution is 7.21. The van der Waals surface area contributed by atoms with Crippen molar-refractivity contribution in [1.82, 2.24) is 9.97 Å². The predicted octanol–water partition coefficient (Wildman–Crippen LogP) is 5.35. The van der Waals surface area contributed by atoms with Gasteiger partial charge in [-0.05, 0) is 61.2 Å². The van der Waals surface area contributed by atoms with Crippen molar-refractivity contribution in [2.75, 3.05) is 18.5 Å². The Labute approximate surface area is 185 Å². The molecule has 5 rings (SSSR count). The minimum atomic E-state index is -0.566. The molecule has 1 fully saturated rings. The smallest absolute Gasteiger partial charge is 0.235 e. The number of aromatic nitrogens is 2. The summed E-state index contributed by atoms with van der Waals surface area (Å²) >= 11 is 1.57. The van der Waals surface area contributed by atoms with Gasteiger partial charge in [0.05, 0.1) is 5.41 Å². The van der Waals surface area contributed by atoms with Crippen molar-refractivity contribution in [2.24, 2.45) is 0 Å². The van der Waals surface area contributed by atoms with Crippen LogP contribution in [0.5, 0.6) is 0 Å². The normalized spacial score (nSPS) is 15.6. The topological polar surface area (TPSA) is 64.1 Å². The molecule has 1 amide bonds. The average Bonchev–Trinajstić information content (AvgIpc) is 3.26. The van der Waals surface area contributed by atoms with E-state index in [1.54, 1.807) is 17.5 Å². The lowest BCUT2D eigenvalue weighted by atomic mass is 9.73. The summed E-state index contributed by atoms with van der Waals surface area (Å²) < 4.78 is 5.57. The lowest BCUT2D eigenvalue weighted by Gasteiger charge is -2.36. The molecule has 156 valence electrons. The highest BCUT2D eigenvalue weighted by atomic mass is 32.1. The zero-order chi connectivity index (χ0) is 21.3. The molecule has 1 saturated heterocycles. The lowest BCUT2D eigenvalue weighted by Crippen LogP contribution is -2.44. The fourth-order valence-corrected chi connectivity index (χ4v) is 5.10. The van der Waals surface area contributed by atoms with E-state index in [0.717, 1.165) is 37.7 Å². The van der Waals surface area contributed by atoms with E-state index in [1.807, 2.05) is 61.5 Å².